The number of nitrogens with zero attached hydrogens (tertiary/aromatic N) is 2. The van der Waals surface area contributed by atoms with Crippen molar-refractivity contribution in [2.45, 2.75) is 24.5 Å². The fraction of sp³-hybridized carbons (Fsp3) is 0.273. The molecule has 1 fully saturated rings. The zero-order valence-electron chi connectivity index (χ0n) is 16.8. The molecule has 0 aliphatic carbocycles. The molecule has 2 heterocycles. The maximum Gasteiger partial charge on any atom is 0.276 e. The molecule has 0 saturated carbocycles. The van der Waals surface area contributed by atoms with Gasteiger partial charge in [-0.2, -0.15) is 5.10 Å². The molecule has 3 aromatic rings. The molecule has 0 atom stereocenters. The van der Waals surface area contributed by atoms with Crippen molar-refractivity contribution in [2.24, 2.45) is 0 Å². The molecule has 31 heavy (non-hydrogen) atoms. The van der Waals surface area contributed by atoms with Crippen molar-refractivity contribution in [3.05, 3.63) is 83.4 Å². The van der Waals surface area contributed by atoms with E-state index >= 15 is 0 Å². The lowest BCUT2D eigenvalue weighted by atomic mass is 9.94. The van der Waals surface area contributed by atoms with Gasteiger partial charge in [-0.05, 0) is 36.6 Å². The van der Waals surface area contributed by atoms with Crippen molar-refractivity contribution < 1.29 is 17.6 Å². The standard InChI is InChI=1S/C22H23FN4O3S/c23-18-8-4-5-9-19(18)24-22(28)21-14-20(25-26-21)17-10-12-27(13-11-17)31(29,30)15-16-6-2-1-3-7-16/h1-9,14,17H,10-13,15H2,(H,24,28)(H,25,26). The van der Waals surface area contributed by atoms with E-state index in [9.17, 15) is 17.6 Å². The van der Waals surface area contributed by atoms with E-state index in [1.54, 1.807) is 18.2 Å². The number of amides is 1. The normalized spacial score (nSPS) is 15.6. The summed E-state index contributed by atoms with van der Waals surface area (Å²) < 4.78 is 40.7. The summed E-state index contributed by atoms with van der Waals surface area (Å²) in [5.41, 5.74) is 1.80. The second kappa shape index (κ2) is 8.99. The maximum absolute atomic E-state index is 13.7. The van der Waals surface area contributed by atoms with Crippen LogP contribution in [0.4, 0.5) is 10.1 Å². The van der Waals surface area contributed by atoms with Crippen LogP contribution in [0.15, 0.2) is 60.7 Å². The van der Waals surface area contributed by atoms with E-state index in [0.29, 0.717) is 25.9 Å². The average Bonchev–Trinajstić information content (AvgIpc) is 3.26. The Morgan fingerprint density at radius 3 is 2.48 bits per heavy atom. The lowest BCUT2D eigenvalue weighted by molar-refractivity contribution is 0.102. The molecule has 4 rings (SSSR count). The molecule has 9 heteroatoms. The first-order valence-corrected chi connectivity index (χ1v) is 11.7. The summed E-state index contributed by atoms with van der Waals surface area (Å²) in [7, 11) is -3.38. The molecule has 1 aromatic heterocycles. The lowest BCUT2D eigenvalue weighted by Crippen LogP contribution is -2.38. The molecule has 1 amide bonds. The second-order valence-corrected chi connectivity index (χ2v) is 9.53. The molecule has 0 unspecified atom stereocenters. The molecule has 1 aliphatic heterocycles. The maximum atomic E-state index is 13.7. The first kappa shape index (κ1) is 21.2. The summed E-state index contributed by atoms with van der Waals surface area (Å²) in [6.45, 7) is 0.825. The van der Waals surface area contributed by atoms with Crippen LogP contribution in [0.2, 0.25) is 0 Å². The van der Waals surface area contributed by atoms with Gasteiger partial charge < -0.3 is 5.32 Å². The zero-order valence-corrected chi connectivity index (χ0v) is 17.6. The fourth-order valence-corrected chi connectivity index (χ4v) is 5.30. The van der Waals surface area contributed by atoms with Crippen molar-refractivity contribution >= 4 is 21.6 Å². The van der Waals surface area contributed by atoms with Crippen LogP contribution in [-0.4, -0.2) is 41.9 Å². The van der Waals surface area contributed by atoms with Gasteiger partial charge in [0.1, 0.15) is 5.82 Å². The van der Waals surface area contributed by atoms with Crippen LogP contribution in [0.3, 0.4) is 0 Å². The van der Waals surface area contributed by atoms with Gasteiger partial charge in [0.15, 0.2) is 5.69 Å². The van der Waals surface area contributed by atoms with Gasteiger partial charge in [-0.15, -0.1) is 0 Å². The number of aromatic amines is 1. The Morgan fingerprint density at radius 1 is 1.10 bits per heavy atom. The number of halogens is 1. The number of rotatable bonds is 6. The summed E-state index contributed by atoms with van der Waals surface area (Å²) in [4.78, 5) is 12.4. The number of para-hydroxylation sites is 1. The highest BCUT2D eigenvalue weighted by Crippen LogP contribution is 2.29. The molecule has 2 N–H and O–H groups in total. The van der Waals surface area contributed by atoms with E-state index < -0.39 is 21.7 Å². The summed E-state index contributed by atoms with van der Waals surface area (Å²) >= 11 is 0. The number of benzene rings is 2. The second-order valence-electron chi connectivity index (χ2n) is 7.56. The number of H-pyrrole nitrogens is 1. The lowest BCUT2D eigenvalue weighted by Gasteiger charge is -2.30. The Balaban J connectivity index is 1.36. The number of hydrogen-bond acceptors (Lipinski definition) is 4. The number of carbonyl (C=O) groups excluding carboxylic acids is 1. The summed E-state index contributed by atoms with van der Waals surface area (Å²) in [5, 5.41) is 9.44. The van der Waals surface area contributed by atoms with E-state index in [1.165, 1.54) is 16.4 Å². The minimum absolute atomic E-state index is 0.0110. The predicted octanol–water partition coefficient (Wildman–Crippen LogP) is 3.51. The molecular weight excluding hydrogens is 419 g/mol. The van der Waals surface area contributed by atoms with Crippen molar-refractivity contribution in [3.8, 4) is 0 Å². The highest BCUT2D eigenvalue weighted by atomic mass is 32.2. The first-order valence-electron chi connectivity index (χ1n) is 10.1. The molecule has 1 aliphatic rings. The molecule has 0 spiro atoms. The van der Waals surface area contributed by atoms with Crippen molar-refractivity contribution in [2.75, 3.05) is 18.4 Å². The van der Waals surface area contributed by atoms with E-state index in [1.807, 2.05) is 30.3 Å². The van der Waals surface area contributed by atoms with Crippen molar-refractivity contribution in [3.63, 3.8) is 0 Å². The van der Waals surface area contributed by atoms with Crippen molar-refractivity contribution in [1.29, 1.82) is 0 Å². The monoisotopic (exact) mass is 442 g/mol. The van der Waals surface area contributed by atoms with Gasteiger partial charge in [0.2, 0.25) is 10.0 Å². The van der Waals surface area contributed by atoms with Gasteiger partial charge in [-0.3, -0.25) is 9.89 Å². The number of anilines is 1. The average molecular weight is 443 g/mol. The third-order valence-electron chi connectivity index (χ3n) is 5.43. The van der Waals surface area contributed by atoms with Crippen molar-refractivity contribution in [1.82, 2.24) is 14.5 Å². The van der Waals surface area contributed by atoms with Crippen LogP contribution < -0.4 is 5.32 Å². The summed E-state index contributed by atoms with van der Waals surface area (Å²) in [6, 6.07) is 16.7. The summed E-state index contributed by atoms with van der Waals surface area (Å²) in [6.07, 6.45) is 1.26. The van der Waals surface area contributed by atoms with Gasteiger partial charge in [0.05, 0.1) is 11.4 Å². The number of piperidine rings is 1. The van der Waals surface area contributed by atoms with E-state index in [2.05, 4.69) is 15.5 Å². The highest BCUT2D eigenvalue weighted by molar-refractivity contribution is 7.88. The SMILES string of the molecule is O=C(Nc1ccccc1F)c1cc(C2CCN(S(=O)(=O)Cc3ccccc3)CC2)[nH]n1. The molecule has 162 valence electrons. The third kappa shape index (κ3) is 5.00. The Bertz CT molecular complexity index is 1160. The number of nitrogens with one attached hydrogen (secondary N) is 2. The van der Waals surface area contributed by atoms with E-state index in [0.717, 1.165) is 11.3 Å². The number of sulfonamides is 1. The Morgan fingerprint density at radius 2 is 1.77 bits per heavy atom. The van der Waals surface area contributed by atoms with Crippen LogP contribution in [0.5, 0.6) is 0 Å². The Hall–Kier alpha value is -3.04. The zero-order chi connectivity index (χ0) is 21.8. The van der Waals surface area contributed by atoms with Crippen LogP contribution >= 0.6 is 0 Å². The molecule has 0 radical (unpaired) electrons. The minimum Gasteiger partial charge on any atom is -0.318 e. The van der Waals surface area contributed by atoms with Crippen LogP contribution in [0, 0.1) is 5.82 Å². The number of aromatic nitrogens is 2. The van der Waals surface area contributed by atoms with Gasteiger partial charge in [0, 0.05) is 24.7 Å². The molecule has 2 aromatic carbocycles. The minimum atomic E-state index is -3.38. The quantitative estimate of drug-likeness (QED) is 0.611. The Labute approximate surface area is 180 Å². The van der Waals surface area contributed by atoms with Gasteiger partial charge >= 0.3 is 0 Å². The smallest absolute Gasteiger partial charge is 0.276 e. The predicted molar refractivity (Wildman–Crippen MR) is 116 cm³/mol. The van der Waals surface area contributed by atoms with E-state index in [4.69, 9.17) is 0 Å². The Kier molecular flexibility index (Phi) is 6.15. The molecule has 0 bridgehead atoms. The number of carbonyl (C=O) groups is 1. The van der Waals surface area contributed by atoms with Gasteiger partial charge in [0.25, 0.3) is 5.91 Å². The topological polar surface area (TPSA) is 95.2 Å². The first-order chi connectivity index (χ1) is 14.9. The largest absolute Gasteiger partial charge is 0.318 e. The molecule has 1 saturated heterocycles. The third-order valence-corrected chi connectivity index (χ3v) is 7.28. The van der Waals surface area contributed by atoms with Gasteiger partial charge in [-0.1, -0.05) is 42.5 Å². The fourth-order valence-electron chi connectivity index (χ4n) is 3.73. The summed E-state index contributed by atoms with van der Waals surface area (Å²) in [5.74, 6) is -0.958. The van der Waals surface area contributed by atoms with Gasteiger partial charge in [-0.25, -0.2) is 17.1 Å². The van der Waals surface area contributed by atoms with Crippen LogP contribution in [0.25, 0.3) is 0 Å². The molecule has 7 nitrogen and oxygen atoms in total. The number of hydrogen-bond donors (Lipinski definition) is 2. The highest BCUT2D eigenvalue weighted by Gasteiger charge is 2.30. The van der Waals surface area contributed by atoms with Crippen LogP contribution in [0.1, 0.15) is 40.5 Å². The van der Waals surface area contributed by atoms with E-state index in [-0.39, 0.29) is 23.1 Å². The van der Waals surface area contributed by atoms with Crippen LogP contribution in [-0.2, 0) is 15.8 Å². The molecular formula is C22H23FN4O3S.